The largest absolute Gasteiger partial charge is 0.444 e. The number of nitrogens with one attached hydrogen (secondary N) is 2. The molecule has 1 unspecified atom stereocenters. The van der Waals surface area contributed by atoms with Gasteiger partial charge in [-0.3, -0.25) is 0 Å². The van der Waals surface area contributed by atoms with Crippen LogP contribution >= 0.6 is 0 Å². The molecule has 0 radical (unpaired) electrons. The van der Waals surface area contributed by atoms with Gasteiger partial charge in [-0.2, -0.15) is 0 Å². The van der Waals surface area contributed by atoms with Crippen LogP contribution in [0.15, 0.2) is 0 Å². The van der Waals surface area contributed by atoms with Crippen molar-refractivity contribution >= 4 is 6.09 Å². The lowest BCUT2D eigenvalue weighted by molar-refractivity contribution is -0.0482. The van der Waals surface area contributed by atoms with E-state index in [9.17, 15) is 13.6 Å². The van der Waals surface area contributed by atoms with Crippen LogP contribution in [0.5, 0.6) is 0 Å². The minimum Gasteiger partial charge on any atom is -0.444 e. The maximum atomic E-state index is 12.9. The highest BCUT2D eigenvalue weighted by Gasteiger charge is 2.27. The number of amides is 1. The molecule has 0 aromatic rings. The van der Waals surface area contributed by atoms with Crippen molar-refractivity contribution in [3.05, 3.63) is 0 Å². The second-order valence-electron chi connectivity index (χ2n) is 6.53. The molecule has 0 fully saturated rings. The van der Waals surface area contributed by atoms with Crippen molar-refractivity contribution in [2.45, 2.75) is 46.1 Å². The van der Waals surface area contributed by atoms with E-state index in [1.165, 1.54) is 0 Å². The van der Waals surface area contributed by atoms with E-state index in [-0.39, 0.29) is 11.8 Å². The van der Waals surface area contributed by atoms with E-state index in [4.69, 9.17) is 9.84 Å². The van der Waals surface area contributed by atoms with Crippen LogP contribution in [-0.4, -0.2) is 49.0 Å². The van der Waals surface area contributed by atoms with E-state index in [2.05, 4.69) is 10.6 Å². The van der Waals surface area contributed by atoms with Crippen molar-refractivity contribution in [2.75, 3.05) is 26.2 Å². The smallest absolute Gasteiger partial charge is 0.407 e. The molecule has 0 saturated heterocycles. The van der Waals surface area contributed by atoms with Gasteiger partial charge in [0, 0.05) is 13.1 Å². The lowest BCUT2D eigenvalue weighted by Gasteiger charge is -2.25. The summed E-state index contributed by atoms with van der Waals surface area (Å²) in [5.41, 5.74) is -0.571. The molecule has 1 atom stereocenters. The molecule has 0 saturated carbocycles. The summed E-state index contributed by atoms with van der Waals surface area (Å²) in [6.45, 7) is 8.11. The fraction of sp³-hybridized carbons (Fsp3) is 0.929. The van der Waals surface area contributed by atoms with Crippen LogP contribution < -0.4 is 10.6 Å². The third-order valence-corrected chi connectivity index (χ3v) is 2.87. The summed E-state index contributed by atoms with van der Waals surface area (Å²) in [5, 5.41) is 13.8. The zero-order chi connectivity index (χ0) is 16.7. The van der Waals surface area contributed by atoms with Crippen LogP contribution in [0.4, 0.5) is 13.6 Å². The third kappa shape index (κ3) is 10.4. The molecule has 5 nitrogen and oxygen atoms in total. The first-order valence-electron chi connectivity index (χ1n) is 7.13. The molecule has 1 amide bonds. The number of alkyl halides is 2. The van der Waals surface area contributed by atoms with Crippen molar-refractivity contribution in [1.82, 2.24) is 10.6 Å². The molecule has 0 aliphatic heterocycles. The summed E-state index contributed by atoms with van der Waals surface area (Å²) < 4.78 is 30.9. The van der Waals surface area contributed by atoms with Gasteiger partial charge in [-0.05, 0) is 32.6 Å². The Labute approximate surface area is 125 Å². The first-order chi connectivity index (χ1) is 9.47. The van der Waals surface area contributed by atoms with Crippen molar-refractivity contribution in [3.63, 3.8) is 0 Å². The normalized spacial score (nSPS) is 14.1. The van der Waals surface area contributed by atoms with Gasteiger partial charge in [-0.25, -0.2) is 13.6 Å². The molecular formula is C14H28F2N2O3. The van der Waals surface area contributed by atoms with E-state index in [1.54, 1.807) is 20.8 Å². The Morgan fingerprint density at radius 2 is 1.81 bits per heavy atom. The van der Waals surface area contributed by atoms with E-state index >= 15 is 0 Å². The van der Waals surface area contributed by atoms with Gasteiger partial charge in [0.15, 0.2) is 0 Å². The first kappa shape index (κ1) is 20.1. The Morgan fingerprint density at radius 3 is 2.24 bits per heavy atom. The van der Waals surface area contributed by atoms with Crippen LogP contribution in [0.3, 0.4) is 0 Å². The second-order valence-corrected chi connectivity index (χ2v) is 6.53. The maximum Gasteiger partial charge on any atom is 0.407 e. The van der Waals surface area contributed by atoms with E-state index in [1.807, 2.05) is 13.8 Å². The van der Waals surface area contributed by atoms with Gasteiger partial charge in [0.1, 0.15) is 12.2 Å². The molecule has 3 N–H and O–H groups in total. The number of aliphatic hydroxyl groups is 1. The summed E-state index contributed by atoms with van der Waals surface area (Å²) in [7, 11) is 0. The zero-order valence-electron chi connectivity index (χ0n) is 13.5. The Hall–Kier alpha value is -0.950. The Balaban J connectivity index is 4.18. The topological polar surface area (TPSA) is 70.6 Å². The fourth-order valence-electron chi connectivity index (χ4n) is 1.57. The van der Waals surface area contributed by atoms with E-state index in [0.717, 1.165) is 0 Å². The molecule has 7 heteroatoms. The SMILES string of the molecule is CC(C)C(CNCC(F)(F)CO)CNC(=O)OC(C)(C)C. The number of rotatable bonds is 8. The van der Waals surface area contributed by atoms with Crippen LogP contribution in [0.2, 0.25) is 0 Å². The standard InChI is InChI=1S/C14H28F2N2O3/c1-10(2)11(6-17-8-14(15,16)9-19)7-18-12(20)21-13(3,4)5/h10-11,17,19H,6-9H2,1-5H3,(H,18,20). The lowest BCUT2D eigenvalue weighted by atomic mass is 9.95. The van der Waals surface area contributed by atoms with Crippen molar-refractivity contribution in [2.24, 2.45) is 11.8 Å². The summed E-state index contributed by atoms with van der Waals surface area (Å²) in [6, 6.07) is 0. The molecule has 21 heavy (non-hydrogen) atoms. The number of hydrogen-bond acceptors (Lipinski definition) is 4. The van der Waals surface area contributed by atoms with Crippen LogP contribution in [0.1, 0.15) is 34.6 Å². The van der Waals surface area contributed by atoms with Gasteiger partial charge in [0.25, 0.3) is 5.92 Å². The van der Waals surface area contributed by atoms with Crippen LogP contribution in [-0.2, 0) is 4.74 Å². The average molecular weight is 310 g/mol. The minimum absolute atomic E-state index is 0.00740. The molecule has 0 aromatic carbocycles. The van der Waals surface area contributed by atoms with Crippen LogP contribution in [0.25, 0.3) is 0 Å². The van der Waals surface area contributed by atoms with Crippen molar-refractivity contribution < 1.29 is 23.4 Å². The average Bonchev–Trinajstić information content (AvgIpc) is 2.30. The number of aliphatic hydroxyl groups excluding tert-OH is 1. The predicted molar refractivity (Wildman–Crippen MR) is 77.5 cm³/mol. The highest BCUT2D eigenvalue weighted by atomic mass is 19.3. The van der Waals surface area contributed by atoms with Gasteiger partial charge in [0.2, 0.25) is 0 Å². The minimum atomic E-state index is -3.12. The number of alkyl carbamates (subject to hydrolysis) is 1. The summed E-state index contributed by atoms with van der Waals surface area (Å²) in [6.07, 6.45) is -0.520. The molecule has 126 valence electrons. The monoisotopic (exact) mass is 310 g/mol. The Morgan fingerprint density at radius 1 is 1.24 bits per heavy atom. The number of hydrogen-bond donors (Lipinski definition) is 3. The van der Waals surface area contributed by atoms with Gasteiger partial charge in [0.05, 0.1) is 6.54 Å². The first-order valence-corrected chi connectivity index (χ1v) is 7.13. The van der Waals surface area contributed by atoms with Gasteiger partial charge >= 0.3 is 6.09 Å². The van der Waals surface area contributed by atoms with E-state index < -0.39 is 30.8 Å². The highest BCUT2D eigenvalue weighted by molar-refractivity contribution is 5.67. The predicted octanol–water partition coefficient (Wildman–Crippen LogP) is 2.00. The van der Waals surface area contributed by atoms with Crippen LogP contribution in [0, 0.1) is 11.8 Å². The third-order valence-electron chi connectivity index (χ3n) is 2.87. The zero-order valence-corrected chi connectivity index (χ0v) is 13.5. The summed E-state index contributed by atoms with van der Waals surface area (Å²) in [5.74, 6) is -2.93. The molecule has 0 bridgehead atoms. The molecule has 0 aliphatic rings. The highest BCUT2D eigenvalue weighted by Crippen LogP contribution is 2.13. The quantitative estimate of drug-likeness (QED) is 0.641. The van der Waals surface area contributed by atoms with E-state index in [0.29, 0.717) is 13.1 Å². The second kappa shape index (κ2) is 8.48. The number of carbonyl (C=O) groups excluding carboxylic acids is 1. The van der Waals surface area contributed by atoms with Crippen molar-refractivity contribution in [1.29, 1.82) is 0 Å². The Bertz CT molecular complexity index is 318. The molecule has 0 spiro atoms. The molecule has 0 rings (SSSR count). The summed E-state index contributed by atoms with van der Waals surface area (Å²) >= 11 is 0. The molecular weight excluding hydrogens is 282 g/mol. The van der Waals surface area contributed by atoms with Gasteiger partial charge < -0.3 is 20.5 Å². The number of carbonyl (C=O) groups is 1. The molecule has 0 heterocycles. The van der Waals surface area contributed by atoms with Gasteiger partial charge in [-0.1, -0.05) is 13.8 Å². The molecule has 0 aromatic heterocycles. The lowest BCUT2D eigenvalue weighted by Crippen LogP contribution is -2.42. The Kier molecular flexibility index (Phi) is 8.10. The van der Waals surface area contributed by atoms with Crippen molar-refractivity contribution in [3.8, 4) is 0 Å². The fourth-order valence-corrected chi connectivity index (χ4v) is 1.57. The summed E-state index contributed by atoms with van der Waals surface area (Å²) in [4.78, 5) is 11.6. The number of halogens is 2. The molecule has 0 aliphatic carbocycles. The van der Waals surface area contributed by atoms with Gasteiger partial charge in [-0.15, -0.1) is 0 Å². The number of ether oxygens (including phenoxy) is 1. The maximum absolute atomic E-state index is 12.9.